The van der Waals surface area contributed by atoms with Gasteiger partial charge < -0.3 is 75.8 Å². The van der Waals surface area contributed by atoms with Gasteiger partial charge in [-0.25, -0.2) is 38.7 Å². The Balaban J connectivity index is 0.000000277. The highest BCUT2D eigenvalue weighted by atomic mass is 32.1. The largest absolute Gasteiger partial charge is 0.497 e. The van der Waals surface area contributed by atoms with Gasteiger partial charge in [-0.1, -0.05) is 76.0 Å². The summed E-state index contributed by atoms with van der Waals surface area (Å²) in [5.41, 5.74) is 1.81. The van der Waals surface area contributed by atoms with Gasteiger partial charge >= 0.3 is 53.7 Å². The maximum Gasteiger partial charge on any atom is 0.338 e. The number of benzene rings is 5. The molecule has 31 nitrogen and oxygen atoms in total. The number of aryl methyl sites for hydroxylation is 1. The fraction of sp³-hybridized carbons (Fsp3) is 0.518. The maximum absolute atomic E-state index is 14.0. The van der Waals surface area contributed by atoms with Gasteiger partial charge in [-0.3, -0.25) is 33.6 Å². The van der Waals surface area contributed by atoms with E-state index >= 15 is 0 Å². The molecular weight excluding hydrogens is 1870 g/mol. The molecule has 144 heavy (non-hydrogen) atoms. The molecule has 2 amide bonds. The van der Waals surface area contributed by atoms with Crippen molar-refractivity contribution in [3.8, 4) is 40.2 Å². The van der Waals surface area contributed by atoms with Gasteiger partial charge in [0.25, 0.3) is 11.8 Å². The second-order valence-corrected chi connectivity index (χ2v) is 36.4. The number of hydrogen-bond donors (Lipinski definition) is 0. The van der Waals surface area contributed by atoms with E-state index in [1.807, 2.05) is 80.8 Å². The zero-order valence-electron chi connectivity index (χ0n) is 85.2. The van der Waals surface area contributed by atoms with Crippen LogP contribution in [0.15, 0.2) is 166 Å². The predicted octanol–water partition coefficient (Wildman–Crippen LogP) is 21.2. The molecule has 6 aromatic rings. The third-order valence-electron chi connectivity index (χ3n) is 25.0. The number of fused-ring (bicyclic) bond motifs is 2. The zero-order valence-corrected chi connectivity index (χ0v) is 86.0. The Bertz CT molecular complexity index is 4930. The van der Waals surface area contributed by atoms with Crippen molar-refractivity contribution < 1.29 is 138 Å². The fourth-order valence-corrected chi connectivity index (χ4v) is 17.4. The predicted molar refractivity (Wildman–Crippen MR) is 546 cm³/mol. The van der Waals surface area contributed by atoms with Crippen LogP contribution >= 0.6 is 11.3 Å². The molecule has 0 bridgehead atoms. The molecule has 32 heteroatoms. The summed E-state index contributed by atoms with van der Waals surface area (Å²) in [5, 5.41) is 0.154. The van der Waals surface area contributed by atoms with E-state index < -0.39 is 47.5 Å². The summed E-state index contributed by atoms with van der Waals surface area (Å²) in [6.45, 7) is 25.9. The van der Waals surface area contributed by atoms with Crippen molar-refractivity contribution in [2.45, 2.75) is 245 Å². The SMILES string of the molecule is C=CC(=O)OCCCCCCC1CCC(OC)CC1.C=CC(=O)OCCCCCCOC(=O)c1ccc(OC)cc1.C=CC(=O)OCCCCCCOc1ccc(OC)cc1.C=CC(=O)OCCCCOC(=O)C1CCC(OC)CC1.C=CC(=O)OCCCCOc1ccc(OC)cc1.CC(=O)C1CCC(C(=O)Oc2ccc(OC(=O)C3CCC(C(C)=O)CC3)c3c2C(=O)N(c2nc4ccc(C)cc4s2)C3=O)CC1. The molecule has 0 atom stereocenters. The molecule has 0 saturated heterocycles. The summed E-state index contributed by atoms with van der Waals surface area (Å²) in [4.78, 5) is 161. The fourth-order valence-electron chi connectivity index (χ4n) is 16.4. The highest BCUT2D eigenvalue weighted by Gasteiger charge is 2.45. The number of esters is 9. The molecule has 1 aromatic heterocycles. The highest BCUT2D eigenvalue weighted by molar-refractivity contribution is 7.22. The zero-order chi connectivity index (χ0) is 105. The Kier molecular flexibility index (Phi) is 57.8. The van der Waals surface area contributed by atoms with Crippen LogP contribution in [-0.2, 0) is 90.6 Å². The van der Waals surface area contributed by atoms with E-state index in [1.54, 1.807) is 66.6 Å². The molecule has 5 aromatic carbocycles. The molecule has 786 valence electrons. The van der Waals surface area contributed by atoms with Gasteiger partial charge in [0.15, 0.2) is 0 Å². The number of carbonyl (C=O) groups excluding carboxylic acids is 13. The van der Waals surface area contributed by atoms with E-state index in [0.717, 1.165) is 165 Å². The summed E-state index contributed by atoms with van der Waals surface area (Å²) in [6.07, 6.45) is 35.9. The summed E-state index contributed by atoms with van der Waals surface area (Å²) in [5.74, 6) is -0.959. The number of thiazole rings is 1. The van der Waals surface area contributed by atoms with Crippen molar-refractivity contribution in [2.24, 2.45) is 35.5 Å². The van der Waals surface area contributed by atoms with Crippen LogP contribution in [0.3, 0.4) is 0 Å². The topological polar surface area (TPSA) is 386 Å². The maximum atomic E-state index is 14.0. The van der Waals surface area contributed by atoms with Gasteiger partial charge in [-0.05, 0) is 316 Å². The second-order valence-electron chi connectivity index (χ2n) is 35.4. The first-order valence-corrected chi connectivity index (χ1v) is 50.9. The van der Waals surface area contributed by atoms with Crippen molar-refractivity contribution in [1.82, 2.24) is 4.98 Å². The lowest BCUT2D eigenvalue weighted by Gasteiger charge is -2.27. The van der Waals surface area contributed by atoms with Crippen molar-refractivity contribution in [1.29, 1.82) is 0 Å². The van der Waals surface area contributed by atoms with Crippen LogP contribution in [0.4, 0.5) is 5.13 Å². The molecule has 2 heterocycles. The minimum Gasteiger partial charge on any atom is -0.497 e. The number of aromatic nitrogens is 1. The van der Waals surface area contributed by atoms with Crippen molar-refractivity contribution >= 4 is 104 Å². The lowest BCUT2D eigenvalue weighted by atomic mass is 9.80. The summed E-state index contributed by atoms with van der Waals surface area (Å²) >= 11 is 1.18. The van der Waals surface area contributed by atoms with Crippen LogP contribution in [0, 0.1) is 42.4 Å². The Morgan fingerprint density at radius 1 is 0.354 bits per heavy atom. The van der Waals surface area contributed by atoms with Gasteiger partial charge in [0.1, 0.15) is 51.8 Å². The van der Waals surface area contributed by atoms with Crippen LogP contribution in [0.5, 0.6) is 40.2 Å². The number of Topliss-reactive ketones (excluding diaryl/α,β-unsaturated/α-hetero) is 2. The van der Waals surface area contributed by atoms with E-state index in [1.165, 1.54) is 80.6 Å². The van der Waals surface area contributed by atoms with Gasteiger partial charge in [0, 0.05) is 56.4 Å². The quantitative estimate of drug-likeness (QED) is 0.00854. The minimum absolute atomic E-state index is 0.0139. The van der Waals surface area contributed by atoms with Crippen LogP contribution in [0.1, 0.15) is 262 Å². The van der Waals surface area contributed by atoms with Crippen molar-refractivity contribution in [3.63, 3.8) is 0 Å². The number of rotatable bonds is 52. The van der Waals surface area contributed by atoms with Crippen molar-refractivity contribution in [3.05, 3.63) is 189 Å². The molecule has 4 fully saturated rings. The molecule has 0 spiro atoms. The van der Waals surface area contributed by atoms with Crippen molar-refractivity contribution in [2.75, 3.05) is 99.9 Å². The molecule has 0 N–H and O–H groups in total. The average Bonchev–Trinajstić information content (AvgIpc) is 1.58. The monoisotopic (exact) mass is 2020 g/mol. The highest BCUT2D eigenvalue weighted by Crippen LogP contribution is 2.44. The number of methoxy groups -OCH3 is 5. The number of nitrogens with zero attached hydrogens (tertiary/aromatic N) is 2. The summed E-state index contributed by atoms with van der Waals surface area (Å²) in [6, 6.07) is 30.1. The lowest BCUT2D eigenvalue weighted by Crippen LogP contribution is -2.30. The van der Waals surface area contributed by atoms with Crippen LogP contribution in [0.25, 0.3) is 10.2 Å². The lowest BCUT2D eigenvalue weighted by molar-refractivity contribution is -0.151. The first-order chi connectivity index (χ1) is 69.6. The van der Waals surface area contributed by atoms with Gasteiger partial charge in [-0.15, -0.1) is 0 Å². The second kappa shape index (κ2) is 69.3. The molecule has 4 aliphatic carbocycles. The number of hydrogen-bond acceptors (Lipinski definition) is 31. The first-order valence-electron chi connectivity index (χ1n) is 50.0. The molecular formula is C112H148N2O29S. The first kappa shape index (κ1) is 120. The third kappa shape index (κ3) is 45.1. The number of unbranched alkanes of at least 4 members (excludes halogenated alkanes) is 11. The normalized spacial score (nSPS) is 17.4. The van der Waals surface area contributed by atoms with Crippen LogP contribution in [0.2, 0.25) is 0 Å². The Morgan fingerprint density at radius 3 is 1.03 bits per heavy atom. The molecule has 1 aliphatic heterocycles. The number of amides is 2. The van der Waals surface area contributed by atoms with E-state index in [9.17, 15) is 62.3 Å². The van der Waals surface area contributed by atoms with Crippen LogP contribution < -0.4 is 38.1 Å². The van der Waals surface area contributed by atoms with E-state index in [4.69, 9.17) is 75.8 Å². The van der Waals surface area contributed by atoms with Gasteiger partial charge in [0.05, 0.1) is 138 Å². The van der Waals surface area contributed by atoms with E-state index in [2.05, 4.69) is 37.9 Å². The summed E-state index contributed by atoms with van der Waals surface area (Å²) < 4.78 is 84.1. The minimum atomic E-state index is -0.728. The Morgan fingerprint density at radius 2 is 0.667 bits per heavy atom. The van der Waals surface area contributed by atoms with Gasteiger partial charge in [-0.2, -0.15) is 0 Å². The van der Waals surface area contributed by atoms with E-state index in [-0.39, 0.29) is 86.9 Å². The molecule has 4 saturated carbocycles. The molecule has 0 unspecified atom stereocenters. The number of ether oxygens (including phenoxy) is 16. The standard InChI is InChI=1S/C34H34N2O8S.C17H22O5.C16H22O4.C16H28O3.C15H24O5.C14H18O4/c1-17-4-13-24-27(16-17)45-34(35-24)36-30(39)28-25(43-32(41)22-9-5-20(6-10-22)18(2)37)14-15-26(29(28)31(36)40)44-33(42)23-11-7-21(8-12-23)19(3)38;1-3-16(18)21-12-6-4-5-7-13-22-17(19)14-8-10-15(20-2)11-9-14;1-3-16(17)20-13-7-5-4-6-12-19-15-10-8-14(18-2)9-11-15;1-3-16(17)19-13-7-5-4-6-8-14-9-11-15(18-2)12-10-14;1-3-14(16)19-10-4-5-11-20-15(17)12-6-8-13(18-2)9-7-12;1-3-14(15)18-11-5-4-10-17-13-8-6-12(16-2)7-9-13/h4,13-16,20-23H,5-12H2,1-3H3;3,8-11H,1,4-7,12-13H2,2H3;3,8-11H,1,4-7,12-13H2,2H3;3,14-15H,1,4-13H2,2H3;3,12-13H,1,4-11H2,2H3;3,6-9H,1,4-5,10-11H2,2H3. The number of ketones is 2. The number of carbonyl (C=O) groups is 13. The third-order valence-corrected chi connectivity index (χ3v) is 26.0. The van der Waals surface area contributed by atoms with Gasteiger partial charge in [0.2, 0.25) is 5.13 Å². The van der Waals surface area contributed by atoms with E-state index in [0.29, 0.717) is 153 Å². The van der Waals surface area contributed by atoms with Crippen LogP contribution in [-0.4, -0.2) is 189 Å². The number of imide groups is 1. The number of anilines is 1. The Hall–Kier alpha value is -12.7. The molecule has 5 aliphatic rings. The molecule has 11 rings (SSSR count). The summed E-state index contributed by atoms with van der Waals surface area (Å²) in [7, 11) is 8.38. The Labute approximate surface area is 851 Å². The smallest absolute Gasteiger partial charge is 0.338 e. The molecule has 0 radical (unpaired) electrons. The average molecular weight is 2020 g/mol.